The Morgan fingerprint density at radius 2 is 2.00 bits per heavy atom. The predicted octanol–water partition coefficient (Wildman–Crippen LogP) is 2.90. The van der Waals surface area contributed by atoms with Crippen molar-refractivity contribution in [1.82, 2.24) is 5.32 Å². The fraction of sp³-hybridized carbons (Fsp3) is 0.533. The summed E-state index contributed by atoms with van der Waals surface area (Å²) in [5.41, 5.74) is 1.07. The van der Waals surface area contributed by atoms with E-state index in [1.165, 1.54) is 5.56 Å². The van der Waals surface area contributed by atoms with Crippen LogP contribution in [0.3, 0.4) is 0 Å². The van der Waals surface area contributed by atoms with Gasteiger partial charge in [-0.15, -0.1) is 0 Å². The number of nitrogens with one attached hydrogen (secondary N) is 1. The Morgan fingerprint density at radius 3 is 2.53 bits per heavy atom. The van der Waals surface area contributed by atoms with Gasteiger partial charge in [0.15, 0.2) is 0 Å². The van der Waals surface area contributed by atoms with E-state index in [0.29, 0.717) is 6.04 Å². The summed E-state index contributed by atoms with van der Waals surface area (Å²) in [5, 5.41) is 12.8. The van der Waals surface area contributed by atoms with E-state index < -0.39 is 0 Å². The van der Waals surface area contributed by atoms with E-state index in [4.69, 9.17) is 0 Å². The lowest BCUT2D eigenvalue weighted by atomic mass is 9.93. The van der Waals surface area contributed by atoms with Crippen LogP contribution in [-0.2, 0) is 6.42 Å². The lowest BCUT2D eigenvalue weighted by Gasteiger charge is -2.20. The molecule has 1 fully saturated rings. The standard InChI is InChI=1S/C15H20N2/c1-12(2)17-15(11-16)10-14(15,3)9-13-7-5-4-6-8-13/h4-8,12,17H,9-10H2,1-3H3/t14-,15+/m1/s1. The summed E-state index contributed by atoms with van der Waals surface area (Å²) in [7, 11) is 0. The van der Waals surface area contributed by atoms with Crippen molar-refractivity contribution in [1.29, 1.82) is 5.26 Å². The van der Waals surface area contributed by atoms with Gasteiger partial charge in [-0.05, 0) is 32.3 Å². The van der Waals surface area contributed by atoms with Crippen LogP contribution in [0, 0.1) is 16.7 Å². The highest BCUT2D eigenvalue weighted by molar-refractivity contribution is 5.34. The fourth-order valence-electron chi connectivity index (χ4n) is 2.73. The molecule has 0 aromatic heterocycles. The van der Waals surface area contributed by atoms with Crippen molar-refractivity contribution in [3.8, 4) is 6.07 Å². The largest absolute Gasteiger partial charge is 0.297 e. The van der Waals surface area contributed by atoms with Gasteiger partial charge >= 0.3 is 0 Å². The second kappa shape index (κ2) is 4.16. The maximum absolute atomic E-state index is 9.41. The van der Waals surface area contributed by atoms with Gasteiger partial charge < -0.3 is 0 Å². The van der Waals surface area contributed by atoms with Gasteiger partial charge in [-0.2, -0.15) is 5.26 Å². The molecular weight excluding hydrogens is 208 g/mol. The minimum atomic E-state index is -0.322. The Morgan fingerprint density at radius 1 is 1.35 bits per heavy atom. The molecule has 2 heteroatoms. The van der Waals surface area contributed by atoms with Crippen LogP contribution in [0.15, 0.2) is 30.3 Å². The highest BCUT2D eigenvalue weighted by Crippen LogP contribution is 2.57. The van der Waals surface area contributed by atoms with E-state index in [1.54, 1.807) is 0 Å². The summed E-state index contributed by atoms with van der Waals surface area (Å²) >= 11 is 0. The zero-order valence-electron chi connectivity index (χ0n) is 10.8. The molecule has 0 spiro atoms. The molecular formula is C15H20N2. The number of nitriles is 1. The van der Waals surface area contributed by atoms with Crippen LogP contribution < -0.4 is 5.32 Å². The maximum atomic E-state index is 9.41. The number of benzene rings is 1. The molecule has 1 saturated carbocycles. The SMILES string of the molecule is CC(C)N[C@]1(C#N)C[C@@]1(C)Cc1ccccc1. The predicted molar refractivity (Wildman–Crippen MR) is 69.5 cm³/mol. The zero-order chi connectivity index (χ0) is 12.5. The second-order valence-electron chi connectivity index (χ2n) is 5.72. The quantitative estimate of drug-likeness (QED) is 0.860. The lowest BCUT2D eigenvalue weighted by Crippen LogP contribution is -2.40. The van der Waals surface area contributed by atoms with Gasteiger partial charge in [0.1, 0.15) is 5.54 Å². The Bertz CT molecular complexity index is 432. The molecule has 1 N–H and O–H groups in total. The molecule has 0 saturated heterocycles. The molecule has 2 nitrogen and oxygen atoms in total. The molecule has 2 atom stereocenters. The minimum absolute atomic E-state index is 0.0768. The van der Waals surface area contributed by atoms with Crippen LogP contribution in [0.4, 0.5) is 0 Å². The highest BCUT2D eigenvalue weighted by Gasteiger charge is 2.65. The average Bonchev–Trinajstić information content (AvgIpc) is 2.83. The van der Waals surface area contributed by atoms with Gasteiger partial charge in [0.2, 0.25) is 0 Å². The van der Waals surface area contributed by atoms with Gasteiger partial charge in [0.05, 0.1) is 6.07 Å². The molecule has 0 aliphatic heterocycles. The van der Waals surface area contributed by atoms with Crippen molar-refractivity contribution in [2.24, 2.45) is 5.41 Å². The van der Waals surface area contributed by atoms with Gasteiger partial charge in [-0.25, -0.2) is 0 Å². The van der Waals surface area contributed by atoms with Gasteiger partial charge in [0.25, 0.3) is 0 Å². The van der Waals surface area contributed by atoms with Crippen molar-refractivity contribution in [2.45, 2.75) is 45.2 Å². The zero-order valence-corrected chi connectivity index (χ0v) is 10.8. The Balaban J connectivity index is 2.11. The minimum Gasteiger partial charge on any atom is -0.297 e. The smallest absolute Gasteiger partial charge is 0.113 e. The molecule has 0 unspecified atom stereocenters. The Hall–Kier alpha value is -1.33. The molecule has 1 aliphatic rings. The van der Waals surface area contributed by atoms with Crippen LogP contribution in [0.25, 0.3) is 0 Å². The molecule has 0 radical (unpaired) electrons. The first-order valence-electron chi connectivity index (χ1n) is 6.24. The van der Waals surface area contributed by atoms with Crippen LogP contribution in [-0.4, -0.2) is 11.6 Å². The summed E-state index contributed by atoms with van der Waals surface area (Å²) in [5.74, 6) is 0. The normalized spacial score (nSPS) is 31.2. The number of hydrogen-bond donors (Lipinski definition) is 1. The summed E-state index contributed by atoms with van der Waals surface area (Å²) < 4.78 is 0. The third-order valence-corrected chi connectivity index (χ3v) is 3.72. The number of rotatable bonds is 4. The van der Waals surface area contributed by atoms with Crippen molar-refractivity contribution >= 4 is 0 Å². The molecule has 0 bridgehead atoms. The number of hydrogen-bond acceptors (Lipinski definition) is 2. The highest BCUT2D eigenvalue weighted by atomic mass is 15.1. The van der Waals surface area contributed by atoms with Crippen LogP contribution >= 0.6 is 0 Å². The van der Waals surface area contributed by atoms with Gasteiger partial charge in [-0.1, -0.05) is 37.3 Å². The van der Waals surface area contributed by atoms with Crippen LogP contribution in [0.2, 0.25) is 0 Å². The first-order chi connectivity index (χ1) is 8.01. The first-order valence-corrected chi connectivity index (χ1v) is 6.24. The van der Waals surface area contributed by atoms with E-state index in [0.717, 1.165) is 12.8 Å². The Kier molecular flexibility index (Phi) is 2.97. The molecule has 1 aliphatic carbocycles. The van der Waals surface area contributed by atoms with E-state index in [2.05, 4.69) is 56.4 Å². The maximum Gasteiger partial charge on any atom is 0.113 e. The molecule has 0 amide bonds. The van der Waals surface area contributed by atoms with Gasteiger partial charge in [0, 0.05) is 11.5 Å². The Labute approximate surface area is 104 Å². The lowest BCUT2D eigenvalue weighted by molar-refractivity contribution is 0.409. The number of nitrogens with zero attached hydrogens (tertiary/aromatic N) is 1. The van der Waals surface area contributed by atoms with Crippen molar-refractivity contribution in [3.63, 3.8) is 0 Å². The first kappa shape index (κ1) is 12.1. The molecule has 1 aromatic carbocycles. The van der Waals surface area contributed by atoms with E-state index >= 15 is 0 Å². The van der Waals surface area contributed by atoms with Crippen molar-refractivity contribution < 1.29 is 0 Å². The summed E-state index contributed by atoms with van der Waals surface area (Å²) in [6, 6.07) is 13.3. The van der Waals surface area contributed by atoms with Crippen LogP contribution in [0.1, 0.15) is 32.8 Å². The summed E-state index contributed by atoms with van der Waals surface area (Å²) in [6.45, 7) is 6.40. The molecule has 1 aromatic rings. The van der Waals surface area contributed by atoms with E-state index in [-0.39, 0.29) is 11.0 Å². The van der Waals surface area contributed by atoms with E-state index in [9.17, 15) is 5.26 Å². The molecule has 90 valence electrons. The van der Waals surface area contributed by atoms with Crippen LogP contribution in [0.5, 0.6) is 0 Å². The fourth-order valence-corrected chi connectivity index (χ4v) is 2.73. The monoisotopic (exact) mass is 228 g/mol. The van der Waals surface area contributed by atoms with Crippen molar-refractivity contribution in [3.05, 3.63) is 35.9 Å². The summed E-state index contributed by atoms with van der Waals surface area (Å²) in [4.78, 5) is 0. The van der Waals surface area contributed by atoms with Crippen molar-refractivity contribution in [2.75, 3.05) is 0 Å². The average molecular weight is 228 g/mol. The topological polar surface area (TPSA) is 35.8 Å². The third kappa shape index (κ3) is 2.21. The third-order valence-electron chi connectivity index (χ3n) is 3.72. The summed E-state index contributed by atoms with van der Waals surface area (Å²) in [6.07, 6.45) is 1.92. The van der Waals surface area contributed by atoms with Gasteiger partial charge in [-0.3, -0.25) is 5.32 Å². The molecule has 2 rings (SSSR count). The molecule has 17 heavy (non-hydrogen) atoms. The van der Waals surface area contributed by atoms with E-state index in [1.807, 2.05) is 6.07 Å². The second-order valence-corrected chi connectivity index (χ2v) is 5.72. The molecule has 0 heterocycles.